The highest BCUT2D eigenvalue weighted by molar-refractivity contribution is 5.44. The van der Waals surface area contributed by atoms with Gasteiger partial charge in [0.2, 0.25) is 5.82 Å². The highest BCUT2D eigenvalue weighted by atomic mass is 16.7. The van der Waals surface area contributed by atoms with Crippen LogP contribution in [0.25, 0.3) is 0 Å². The maximum absolute atomic E-state index is 6.42. The average molecular weight is 328 g/mol. The molecular formula is C19H26N3O2+. The van der Waals surface area contributed by atoms with Crippen molar-refractivity contribution in [3.63, 3.8) is 0 Å². The summed E-state index contributed by atoms with van der Waals surface area (Å²) >= 11 is 0. The molecule has 128 valence electrons. The van der Waals surface area contributed by atoms with Crippen LogP contribution in [-0.4, -0.2) is 28.8 Å². The number of aromatic nitrogens is 3. The van der Waals surface area contributed by atoms with Gasteiger partial charge in [-0.1, -0.05) is 38.1 Å². The lowest BCUT2D eigenvalue weighted by molar-refractivity contribution is -0.756. The lowest BCUT2D eigenvalue weighted by atomic mass is 9.58. The van der Waals surface area contributed by atoms with Gasteiger partial charge in [-0.2, -0.15) is 0 Å². The maximum atomic E-state index is 6.42. The zero-order chi connectivity index (χ0) is 17.1. The normalized spacial score (nSPS) is 25.4. The van der Waals surface area contributed by atoms with Crippen molar-refractivity contribution < 1.29 is 14.0 Å². The van der Waals surface area contributed by atoms with E-state index in [1.807, 2.05) is 31.9 Å². The molecule has 5 heteroatoms. The Balaban J connectivity index is 2.08. The lowest BCUT2D eigenvalue weighted by Gasteiger charge is -2.58. The SMILES string of the molecule is CCOC1(OCC)C2c3ccccc3C([n+]3cnn(C)c32)C1(C)C. The summed E-state index contributed by atoms with van der Waals surface area (Å²) in [7, 11) is 2.00. The van der Waals surface area contributed by atoms with Crippen molar-refractivity contribution in [3.8, 4) is 0 Å². The molecule has 0 saturated carbocycles. The first-order valence-electron chi connectivity index (χ1n) is 8.79. The van der Waals surface area contributed by atoms with Crippen molar-refractivity contribution in [2.75, 3.05) is 13.2 Å². The van der Waals surface area contributed by atoms with Crippen LogP contribution >= 0.6 is 0 Å². The standard InChI is InChI=1S/C19H26N3O2/c1-6-23-19(24-7-2)15-13-10-8-9-11-14(13)16(18(19,3)4)22-12-20-21(5)17(15)22/h8-12,15-16H,6-7H2,1-5H3/q+1. The van der Waals surface area contributed by atoms with Crippen molar-refractivity contribution in [1.29, 1.82) is 0 Å². The smallest absolute Gasteiger partial charge is 0.265 e. The van der Waals surface area contributed by atoms with E-state index in [4.69, 9.17) is 9.47 Å². The number of hydrogen-bond acceptors (Lipinski definition) is 3. The average Bonchev–Trinajstić information content (AvgIpc) is 2.93. The van der Waals surface area contributed by atoms with Crippen LogP contribution in [0.5, 0.6) is 0 Å². The number of aryl methyl sites for hydroxylation is 1. The lowest BCUT2D eigenvalue weighted by Crippen LogP contribution is -2.71. The van der Waals surface area contributed by atoms with E-state index in [9.17, 15) is 0 Å². The first kappa shape index (κ1) is 15.8. The fourth-order valence-corrected chi connectivity index (χ4v) is 4.95. The minimum absolute atomic E-state index is 0.00102. The highest BCUT2D eigenvalue weighted by Gasteiger charge is 2.69. The van der Waals surface area contributed by atoms with E-state index in [1.165, 1.54) is 11.1 Å². The molecule has 2 atom stereocenters. The Labute approximate surface area is 143 Å². The molecule has 5 rings (SSSR count). The Morgan fingerprint density at radius 2 is 1.75 bits per heavy atom. The molecule has 0 spiro atoms. The second-order valence-corrected chi connectivity index (χ2v) is 7.24. The number of ether oxygens (including phenoxy) is 2. The minimum Gasteiger partial charge on any atom is -0.348 e. The van der Waals surface area contributed by atoms with Crippen LogP contribution in [0.15, 0.2) is 30.6 Å². The van der Waals surface area contributed by atoms with E-state index < -0.39 is 5.79 Å². The van der Waals surface area contributed by atoms with Crippen LogP contribution in [0.4, 0.5) is 0 Å². The van der Waals surface area contributed by atoms with Crippen LogP contribution in [0.1, 0.15) is 56.6 Å². The number of nitrogens with zero attached hydrogens (tertiary/aromatic N) is 3. The monoisotopic (exact) mass is 328 g/mol. The van der Waals surface area contributed by atoms with Crippen molar-refractivity contribution >= 4 is 0 Å². The van der Waals surface area contributed by atoms with Crippen molar-refractivity contribution in [3.05, 3.63) is 47.5 Å². The number of benzene rings is 1. The Bertz CT molecular complexity index is 775. The number of fused-ring (bicyclic) bond motifs is 1. The summed E-state index contributed by atoms with van der Waals surface area (Å²) in [6, 6.07) is 8.82. The highest BCUT2D eigenvalue weighted by Crippen LogP contribution is 2.61. The van der Waals surface area contributed by atoms with E-state index in [-0.39, 0.29) is 17.4 Å². The Morgan fingerprint density at radius 1 is 1.12 bits per heavy atom. The van der Waals surface area contributed by atoms with Gasteiger partial charge < -0.3 is 9.47 Å². The van der Waals surface area contributed by atoms with Gasteiger partial charge in [0.1, 0.15) is 12.0 Å². The first-order valence-corrected chi connectivity index (χ1v) is 8.79. The van der Waals surface area contributed by atoms with Gasteiger partial charge in [0.25, 0.3) is 6.33 Å². The molecule has 1 aromatic carbocycles. The molecular weight excluding hydrogens is 302 g/mol. The van der Waals surface area contributed by atoms with Crippen molar-refractivity contribution in [2.45, 2.75) is 45.4 Å². The molecule has 2 unspecified atom stereocenters. The third kappa shape index (κ3) is 1.67. The van der Waals surface area contributed by atoms with Gasteiger partial charge in [-0.25, -0.2) is 4.57 Å². The van der Waals surface area contributed by atoms with Crippen LogP contribution < -0.4 is 4.57 Å². The number of hydrogen-bond donors (Lipinski definition) is 0. The molecule has 24 heavy (non-hydrogen) atoms. The molecule has 2 bridgehead atoms. The molecule has 3 aliphatic rings. The molecule has 2 aliphatic heterocycles. The second kappa shape index (κ2) is 5.14. The van der Waals surface area contributed by atoms with Gasteiger partial charge >= 0.3 is 0 Å². The fraction of sp³-hybridized carbons (Fsp3) is 0.579. The predicted molar refractivity (Wildman–Crippen MR) is 89.6 cm³/mol. The van der Waals surface area contributed by atoms with Gasteiger partial charge in [0.15, 0.2) is 5.79 Å². The maximum Gasteiger partial charge on any atom is 0.265 e. The van der Waals surface area contributed by atoms with Crippen molar-refractivity contribution in [2.24, 2.45) is 12.5 Å². The van der Waals surface area contributed by atoms with E-state index in [1.54, 1.807) is 0 Å². The summed E-state index contributed by atoms with van der Waals surface area (Å²) in [5.41, 5.74) is 2.43. The van der Waals surface area contributed by atoms with Crippen LogP contribution in [0, 0.1) is 5.41 Å². The number of rotatable bonds is 4. The topological polar surface area (TPSA) is 40.2 Å². The van der Waals surface area contributed by atoms with Gasteiger partial charge in [-0.3, -0.25) is 0 Å². The van der Waals surface area contributed by atoms with Gasteiger partial charge in [-0.05, 0) is 25.0 Å². The summed E-state index contributed by atoms with van der Waals surface area (Å²) in [5.74, 6) is 0.463. The zero-order valence-corrected chi connectivity index (χ0v) is 15.1. The summed E-state index contributed by atoms with van der Waals surface area (Å²) in [5, 5.41) is 4.54. The van der Waals surface area contributed by atoms with Gasteiger partial charge in [0.05, 0.1) is 12.5 Å². The first-order chi connectivity index (χ1) is 11.5. The quantitative estimate of drug-likeness (QED) is 0.640. The largest absolute Gasteiger partial charge is 0.348 e. The van der Waals surface area contributed by atoms with Crippen LogP contribution in [0.3, 0.4) is 0 Å². The summed E-state index contributed by atoms with van der Waals surface area (Å²) in [6.45, 7) is 9.84. The van der Waals surface area contributed by atoms with E-state index in [0.717, 1.165) is 5.82 Å². The molecule has 1 aromatic heterocycles. The van der Waals surface area contributed by atoms with Crippen molar-refractivity contribution in [1.82, 2.24) is 9.78 Å². The molecule has 0 fully saturated rings. The fourth-order valence-electron chi connectivity index (χ4n) is 4.95. The Kier molecular flexibility index (Phi) is 3.38. The van der Waals surface area contributed by atoms with Gasteiger partial charge in [0, 0.05) is 18.3 Å². The molecule has 0 N–H and O–H groups in total. The third-order valence-corrected chi connectivity index (χ3v) is 5.76. The summed E-state index contributed by atoms with van der Waals surface area (Å²) in [6.07, 6.45) is 1.95. The second-order valence-electron chi connectivity index (χ2n) is 7.24. The van der Waals surface area contributed by atoms with E-state index >= 15 is 0 Å². The molecule has 0 radical (unpaired) electrons. The Hall–Kier alpha value is -1.72. The molecule has 0 saturated heterocycles. The summed E-state index contributed by atoms with van der Waals surface area (Å²) in [4.78, 5) is 0. The molecule has 3 heterocycles. The Morgan fingerprint density at radius 3 is 2.38 bits per heavy atom. The van der Waals surface area contributed by atoms with E-state index in [2.05, 4.69) is 47.8 Å². The third-order valence-electron chi connectivity index (χ3n) is 5.76. The molecule has 0 amide bonds. The molecule has 5 nitrogen and oxygen atoms in total. The van der Waals surface area contributed by atoms with E-state index in [0.29, 0.717) is 13.2 Å². The summed E-state index contributed by atoms with van der Waals surface area (Å²) < 4.78 is 17.1. The molecule has 1 aliphatic carbocycles. The van der Waals surface area contributed by atoms with Gasteiger partial charge in [-0.15, -0.1) is 4.68 Å². The zero-order valence-electron chi connectivity index (χ0n) is 15.1. The minimum atomic E-state index is -0.691. The van der Waals surface area contributed by atoms with Crippen LogP contribution in [0.2, 0.25) is 0 Å². The molecule has 2 aromatic rings. The van der Waals surface area contributed by atoms with Crippen LogP contribution in [-0.2, 0) is 16.5 Å². The predicted octanol–water partition coefficient (Wildman–Crippen LogP) is 2.55.